The van der Waals surface area contributed by atoms with E-state index >= 15 is 0 Å². The van der Waals surface area contributed by atoms with Crippen LogP contribution in [0.15, 0.2) is 24.3 Å². The molecule has 2 heterocycles. The highest BCUT2D eigenvalue weighted by molar-refractivity contribution is 5.74. The zero-order valence-corrected chi connectivity index (χ0v) is 16.3. The number of carbonyl (C=O) groups is 1. The molecular weight excluding hydrogens is 342 g/mol. The molecule has 1 unspecified atom stereocenters. The van der Waals surface area contributed by atoms with E-state index in [-0.39, 0.29) is 11.4 Å². The van der Waals surface area contributed by atoms with Gasteiger partial charge in [0.2, 0.25) is 0 Å². The third-order valence-corrected chi connectivity index (χ3v) is 6.39. The summed E-state index contributed by atoms with van der Waals surface area (Å²) in [5.41, 5.74) is 1.42. The lowest BCUT2D eigenvalue weighted by atomic mass is 9.69. The van der Waals surface area contributed by atoms with E-state index in [2.05, 4.69) is 22.3 Å². The first-order chi connectivity index (χ1) is 13.2. The van der Waals surface area contributed by atoms with Gasteiger partial charge in [0.1, 0.15) is 5.75 Å². The molecule has 3 fully saturated rings. The molecule has 4 rings (SSSR count). The van der Waals surface area contributed by atoms with Crippen LogP contribution >= 0.6 is 0 Å². The van der Waals surface area contributed by atoms with E-state index < -0.39 is 0 Å². The number of ether oxygens (including phenoxy) is 2. The number of urea groups is 1. The Labute approximate surface area is 161 Å². The van der Waals surface area contributed by atoms with Crippen LogP contribution in [0.5, 0.6) is 5.75 Å². The van der Waals surface area contributed by atoms with Gasteiger partial charge in [0, 0.05) is 49.9 Å². The van der Waals surface area contributed by atoms with Crippen LogP contribution in [0.1, 0.15) is 25.7 Å². The molecule has 2 amide bonds. The van der Waals surface area contributed by atoms with Crippen LogP contribution in [0.25, 0.3) is 0 Å². The maximum Gasteiger partial charge on any atom is 0.317 e. The number of carbonyl (C=O) groups excluding carboxylic acids is 1. The minimum atomic E-state index is 0.0756. The van der Waals surface area contributed by atoms with E-state index in [1.54, 1.807) is 7.11 Å². The number of anilines is 1. The van der Waals surface area contributed by atoms with Gasteiger partial charge in [0.05, 0.1) is 20.3 Å². The van der Waals surface area contributed by atoms with Crippen molar-refractivity contribution in [2.45, 2.75) is 25.7 Å². The average Bonchev–Trinajstić information content (AvgIpc) is 3.02. The number of nitrogens with one attached hydrogen (secondary N) is 1. The van der Waals surface area contributed by atoms with Crippen molar-refractivity contribution in [1.82, 2.24) is 10.2 Å². The molecule has 6 nitrogen and oxygen atoms in total. The van der Waals surface area contributed by atoms with Crippen molar-refractivity contribution in [3.8, 4) is 5.75 Å². The molecule has 0 radical (unpaired) electrons. The Morgan fingerprint density at radius 1 is 1.37 bits per heavy atom. The van der Waals surface area contributed by atoms with Crippen molar-refractivity contribution in [2.24, 2.45) is 11.3 Å². The molecule has 1 aromatic rings. The predicted molar refractivity (Wildman–Crippen MR) is 105 cm³/mol. The summed E-state index contributed by atoms with van der Waals surface area (Å²) in [5, 5.41) is 3.18. The van der Waals surface area contributed by atoms with E-state index in [0.717, 1.165) is 45.0 Å². The largest absolute Gasteiger partial charge is 0.497 e. The number of hydrogen-bond acceptors (Lipinski definition) is 4. The number of nitrogens with zero attached hydrogens (tertiary/aromatic N) is 2. The van der Waals surface area contributed by atoms with Gasteiger partial charge in [-0.2, -0.15) is 0 Å². The van der Waals surface area contributed by atoms with Crippen LogP contribution in [-0.2, 0) is 4.74 Å². The van der Waals surface area contributed by atoms with Gasteiger partial charge in [-0.25, -0.2) is 4.79 Å². The molecule has 1 saturated carbocycles. The van der Waals surface area contributed by atoms with Gasteiger partial charge in [0.15, 0.2) is 0 Å². The van der Waals surface area contributed by atoms with E-state index in [1.807, 2.05) is 17.0 Å². The summed E-state index contributed by atoms with van der Waals surface area (Å²) in [6.07, 6.45) is 4.75. The van der Waals surface area contributed by atoms with E-state index in [1.165, 1.54) is 24.9 Å². The highest BCUT2D eigenvalue weighted by Crippen LogP contribution is 2.42. The number of hydrogen-bond donors (Lipinski definition) is 1. The molecule has 6 heteroatoms. The van der Waals surface area contributed by atoms with Gasteiger partial charge in [0.25, 0.3) is 0 Å². The van der Waals surface area contributed by atoms with Gasteiger partial charge in [-0.1, -0.05) is 12.5 Å². The van der Waals surface area contributed by atoms with Crippen molar-refractivity contribution in [3.05, 3.63) is 24.3 Å². The normalized spacial score (nSPS) is 24.4. The van der Waals surface area contributed by atoms with Crippen molar-refractivity contribution < 1.29 is 14.3 Å². The van der Waals surface area contributed by atoms with Gasteiger partial charge >= 0.3 is 6.03 Å². The Bertz CT molecular complexity index is 662. The number of methoxy groups -OCH3 is 1. The summed E-state index contributed by atoms with van der Waals surface area (Å²) in [5.74, 6) is 1.37. The summed E-state index contributed by atoms with van der Waals surface area (Å²) in [6.45, 7) is 5.75. The SMILES string of the molecule is COc1cccc(N2CCC(CNC(=O)N3CCOCC4(CCC4)C3)C2)c1. The second kappa shape index (κ2) is 7.97. The lowest BCUT2D eigenvalue weighted by molar-refractivity contribution is 0.0126. The maximum absolute atomic E-state index is 12.7. The molecule has 27 heavy (non-hydrogen) atoms. The topological polar surface area (TPSA) is 54.0 Å². The molecule has 1 atom stereocenters. The smallest absolute Gasteiger partial charge is 0.317 e. The predicted octanol–water partition coefficient (Wildman–Crippen LogP) is 2.73. The van der Waals surface area contributed by atoms with Crippen molar-refractivity contribution >= 4 is 11.7 Å². The van der Waals surface area contributed by atoms with Crippen LogP contribution in [0.4, 0.5) is 10.5 Å². The molecule has 0 aromatic heterocycles. The van der Waals surface area contributed by atoms with Crippen LogP contribution in [0.3, 0.4) is 0 Å². The number of rotatable bonds is 4. The molecule has 1 spiro atoms. The summed E-state index contributed by atoms with van der Waals surface area (Å²) in [4.78, 5) is 17.1. The van der Waals surface area contributed by atoms with Gasteiger partial charge < -0.3 is 24.6 Å². The first-order valence-electron chi connectivity index (χ1n) is 10.2. The average molecular weight is 373 g/mol. The molecule has 2 aliphatic heterocycles. The third kappa shape index (κ3) is 4.15. The maximum atomic E-state index is 12.7. The summed E-state index contributed by atoms with van der Waals surface area (Å²) in [7, 11) is 1.70. The Morgan fingerprint density at radius 2 is 2.26 bits per heavy atom. The standard InChI is InChI=1S/C21H31N3O3/c1-26-19-5-2-4-18(12-19)23-9-6-17(14-23)13-22-20(25)24-10-11-27-16-21(15-24)7-3-8-21/h2,4-5,12,17H,3,6-11,13-16H2,1H3,(H,22,25). The fourth-order valence-electron chi connectivity index (χ4n) is 4.53. The molecule has 1 aromatic carbocycles. The van der Waals surface area contributed by atoms with Gasteiger partial charge in [-0.05, 0) is 37.3 Å². The Kier molecular flexibility index (Phi) is 5.43. The number of amides is 2. The summed E-state index contributed by atoms with van der Waals surface area (Å²) >= 11 is 0. The summed E-state index contributed by atoms with van der Waals surface area (Å²) < 4.78 is 11.1. The first kappa shape index (κ1) is 18.4. The lowest BCUT2D eigenvalue weighted by Crippen LogP contribution is -2.49. The van der Waals surface area contributed by atoms with E-state index in [9.17, 15) is 4.79 Å². The minimum absolute atomic E-state index is 0.0756. The minimum Gasteiger partial charge on any atom is -0.497 e. The molecule has 1 aliphatic carbocycles. The Hall–Kier alpha value is -1.95. The first-order valence-corrected chi connectivity index (χ1v) is 10.2. The molecule has 0 bridgehead atoms. The van der Waals surface area contributed by atoms with Crippen LogP contribution < -0.4 is 15.0 Å². The third-order valence-electron chi connectivity index (χ3n) is 6.39. The molecule has 1 N–H and O–H groups in total. The Balaban J connectivity index is 1.27. The highest BCUT2D eigenvalue weighted by Gasteiger charge is 2.41. The lowest BCUT2D eigenvalue weighted by Gasteiger charge is -2.42. The fourth-order valence-corrected chi connectivity index (χ4v) is 4.53. The van der Waals surface area contributed by atoms with Crippen LogP contribution in [0, 0.1) is 11.3 Å². The van der Waals surface area contributed by atoms with Crippen molar-refractivity contribution in [2.75, 3.05) is 57.9 Å². The molecule has 148 valence electrons. The fraction of sp³-hybridized carbons (Fsp3) is 0.667. The quantitative estimate of drug-likeness (QED) is 0.882. The monoisotopic (exact) mass is 373 g/mol. The molecular formula is C21H31N3O3. The Morgan fingerprint density at radius 3 is 3.04 bits per heavy atom. The van der Waals surface area contributed by atoms with Crippen LogP contribution in [-0.4, -0.2) is 64.0 Å². The van der Waals surface area contributed by atoms with Gasteiger partial charge in [-0.3, -0.25) is 0 Å². The molecule has 3 aliphatic rings. The number of benzene rings is 1. The highest BCUT2D eigenvalue weighted by atomic mass is 16.5. The second-order valence-corrected chi connectivity index (χ2v) is 8.32. The van der Waals surface area contributed by atoms with Crippen LogP contribution in [0.2, 0.25) is 0 Å². The summed E-state index contributed by atoms with van der Waals surface area (Å²) in [6, 6.07) is 8.28. The zero-order valence-electron chi connectivity index (χ0n) is 16.3. The van der Waals surface area contributed by atoms with E-state index in [0.29, 0.717) is 19.1 Å². The van der Waals surface area contributed by atoms with Crippen molar-refractivity contribution in [1.29, 1.82) is 0 Å². The van der Waals surface area contributed by atoms with E-state index in [4.69, 9.17) is 9.47 Å². The van der Waals surface area contributed by atoms with Gasteiger partial charge in [-0.15, -0.1) is 0 Å². The molecule has 2 saturated heterocycles. The second-order valence-electron chi connectivity index (χ2n) is 8.32. The van der Waals surface area contributed by atoms with Crippen molar-refractivity contribution in [3.63, 3.8) is 0 Å². The zero-order chi connectivity index (χ0) is 18.7.